The maximum Gasteiger partial charge on any atom is 0.303 e. The summed E-state index contributed by atoms with van der Waals surface area (Å²) in [6, 6.07) is 0. The van der Waals surface area contributed by atoms with Gasteiger partial charge in [0, 0.05) is 67.6 Å². The van der Waals surface area contributed by atoms with Crippen molar-refractivity contribution in [1.82, 2.24) is 0 Å². The maximum absolute atomic E-state index is 12.1. The molecule has 0 aromatic heterocycles. The molecule has 5 N–H and O–H groups in total. The van der Waals surface area contributed by atoms with Crippen molar-refractivity contribution in [3.05, 3.63) is 0 Å². The Morgan fingerprint density at radius 2 is 0.950 bits per heavy atom. The van der Waals surface area contributed by atoms with Crippen LogP contribution in [0.2, 0.25) is 0 Å². The zero-order valence-corrected chi connectivity index (χ0v) is 34.9. The first-order valence-electron chi connectivity index (χ1n) is 19.6. The van der Waals surface area contributed by atoms with E-state index in [0.717, 1.165) is 47.5 Å². The van der Waals surface area contributed by atoms with Gasteiger partial charge in [0.15, 0.2) is 24.8 Å². The lowest BCUT2D eigenvalue weighted by Crippen LogP contribution is -2.60. The van der Waals surface area contributed by atoms with Crippen molar-refractivity contribution in [2.75, 3.05) is 39.6 Å². The number of nitrogens with two attached hydrogens (primary N) is 2. The van der Waals surface area contributed by atoms with Gasteiger partial charge in [-0.3, -0.25) is 38.4 Å². The van der Waals surface area contributed by atoms with Crippen molar-refractivity contribution in [3.8, 4) is 0 Å². The zero-order valence-electron chi connectivity index (χ0n) is 34.9. The first-order valence-corrected chi connectivity index (χ1v) is 19.6. The third-order valence-corrected chi connectivity index (χ3v) is 9.07. The van der Waals surface area contributed by atoms with Crippen molar-refractivity contribution < 1.29 is 95.6 Å². The molecular weight excluding hydrogens is 804 g/mol. The molecule has 2 fully saturated rings. The molecule has 2 aliphatic rings. The molecule has 0 aromatic carbocycles. The molecule has 22 heteroatoms. The van der Waals surface area contributed by atoms with E-state index in [0.29, 0.717) is 19.3 Å². The Morgan fingerprint density at radius 3 is 1.37 bits per heavy atom. The van der Waals surface area contributed by atoms with E-state index in [9.17, 15) is 43.5 Å². The number of esters is 6. The van der Waals surface area contributed by atoms with Crippen LogP contribution < -0.4 is 11.5 Å². The number of unbranched alkanes of at least 4 members (excludes halogenated alkanes) is 4. The van der Waals surface area contributed by atoms with Crippen LogP contribution in [0.4, 0.5) is 0 Å². The number of hydrogen-bond acceptors (Lipinski definition) is 20. The molecule has 342 valence electrons. The van der Waals surface area contributed by atoms with E-state index in [1.54, 1.807) is 0 Å². The zero-order chi connectivity index (χ0) is 44.9. The number of aliphatic hydroxyl groups excluding tert-OH is 1. The van der Waals surface area contributed by atoms with Gasteiger partial charge in [-0.1, -0.05) is 19.3 Å². The summed E-state index contributed by atoms with van der Waals surface area (Å²) < 4.78 is 61.6. The van der Waals surface area contributed by atoms with E-state index in [4.69, 9.17) is 63.6 Å². The summed E-state index contributed by atoms with van der Waals surface area (Å²) in [6.45, 7) is 5.90. The van der Waals surface area contributed by atoms with E-state index in [1.807, 2.05) is 0 Å². The standard InChI is InChI=1S/C38H60N2O20/c1-20(42)52-18-29-35(56-24(5)46)33(54-22(3)44)27(14-31(39)48)37(59-29)51-13-11-9-7-8-10-12-50-17-26(16-41)58-38-28(15-32(40)49)34(55-23(4)45)36(57-25(6)47)30(60-38)19-53-21(2)43/h26-30,33-38,41H,7-19H2,1-6H3,(H2,39,48)(H2,40,49)/t26-,27+,28+,29+,30+,33+,34+,35-,36-,37+,38+/m0/s1. The van der Waals surface area contributed by atoms with Gasteiger partial charge in [-0.25, -0.2) is 0 Å². The third-order valence-electron chi connectivity index (χ3n) is 9.07. The number of aliphatic hydroxyl groups is 1. The molecule has 2 saturated heterocycles. The topological polar surface area (TPSA) is 310 Å². The average Bonchev–Trinajstić information content (AvgIpc) is 3.13. The number of amides is 2. The lowest BCUT2D eigenvalue weighted by atomic mass is 9.87. The molecule has 0 unspecified atom stereocenters. The lowest BCUT2D eigenvalue weighted by molar-refractivity contribution is -0.306. The number of ether oxygens (including phenoxy) is 11. The second-order valence-corrected chi connectivity index (χ2v) is 14.3. The Balaban J connectivity index is 1.95. The van der Waals surface area contributed by atoms with Crippen LogP contribution in [0.1, 0.15) is 86.5 Å². The van der Waals surface area contributed by atoms with Crippen LogP contribution in [-0.4, -0.2) is 148 Å². The third kappa shape index (κ3) is 18.8. The number of primary amides is 2. The van der Waals surface area contributed by atoms with Crippen molar-refractivity contribution in [2.45, 2.75) is 142 Å². The molecule has 2 rings (SSSR count). The number of hydrogen-bond donors (Lipinski definition) is 3. The molecule has 0 aliphatic carbocycles. The van der Waals surface area contributed by atoms with E-state index in [1.165, 1.54) is 6.92 Å². The monoisotopic (exact) mass is 864 g/mol. The number of carbonyl (C=O) groups excluding carboxylic acids is 8. The molecule has 0 bridgehead atoms. The molecule has 2 aliphatic heterocycles. The summed E-state index contributed by atoms with van der Waals surface area (Å²) in [5.41, 5.74) is 11.0. The fraction of sp³-hybridized carbons (Fsp3) is 0.789. The first kappa shape index (κ1) is 51.7. The summed E-state index contributed by atoms with van der Waals surface area (Å²) in [6.07, 6.45) is -8.08. The molecule has 0 radical (unpaired) electrons. The van der Waals surface area contributed by atoms with Crippen LogP contribution in [0.3, 0.4) is 0 Å². The first-order chi connectivity index (χ1) is 28.3. The van der Waals surface area contributed by atoms with Gasteiger partial charge in [0.2, 0.25) is 11.8 Å². The summed E-state index contributed by atoms with van der Waals surface area (Å²) >= 11 is 0. The summed E-state index contributed by atoms with van der Waals surface area (Å²) in [5, 5.41) is 10.1. The van der Waals surface area contributed by atoms with Gasteiger partial charge in [-0.05, 0) is 12.8 Å². The molecule has 2 heterocycles. The van der Waals surface area contributed by atoms with Crippen LogP contribution in [0.15, 0.2) is 0 Å². The Labute approximate surface area is 347 Å². The fourth-order valence-electron chi connectivity index (χ4n) is 6.71. The molecule has 11 atom stereocenters. The highest BCUT2D eigenvalue weighted by Gasteiger charge is 2.53. The van der Waals surface area contributed by atoms with Crippen molar-refractivity contribution in [1.29, 1.82) is 0 Å². The van der Waals surface area contributed by atoms with Crippen LogP contribution in [0.5, 0.6) is 0 Å². The van der Waals surface area contributed by atoms with Gasteiger partial charge in [-0.2, -0.15) is 0 Å². The second kappa shape index (κ2) is 26.7. The Morgan fingerprint density at radius 1 is 0.550 bits per heavy atom. The van der Waals surface area contributed by atoms with Gasteiger partial charge < -0.3 is 68.7 Å². The molecule has 0 saturated carbocycles. The van der Waals surface area contributed by atoms with Gasteiger partial charge in [0.1, 0.15) is 43.7 Å². The minimum absolute atomic E-state index is 0.104. The summed E-state index contributed by atoms with van der Waals surface area (Å²) in [4.78, 5) is 95.3. The number of rotatable bonds is 26. The maximum atomic E-state index is 12.1. The molecule has 22 nitrogen and oxygen atoms in total. The minimum Gasteiger partial charge on any atom is -0.463 e. The molecule has 2 amide bonds. The van der Waals surface area contributed by atoms with E-state index in [2.05, 4.69) is 0 Å². The average molecular weight is 865 g/mol. The van der Waals surface area contributed by atoms with Crippen LogP contribution >= 0.6 is 0 Å². The quantitative estimate of drug-likeness (QED) is 0.0568. The van der Waals surface area contributed by atoms with Gasteiger partial charge in [-0.15, -0.1) is 0 Å². The predicted octanol–water partition coefficient (Wildman–Crippen LogP) is -0.366. The predicted molar refractivity (Wildman–Crippen MR) is 199 cm³/mol. The molecular formula is C38H60N2O20. The summed E-state index contributed by atoms with van der Waals surface area (Å²) in [5.74, 6) is -7.84. The Bertz CT molecular complexity index is 1440. The number of carbonyl (C=O) groups is 8. The molecule has 0 spiro atoms. The normalized spacial score (nSPS) is 26.8. The van der Waals surface area contributed by atoms with Crippen molar-refractivity contribution in [2.24, 2.45) is 23.3 Å². The minimum atomic E-state index is -1.34. The van der Waals surface area contributed by atoms with Gasteiger partial charge in [0.05, 0.1) is 25.0 Å². The van der Waals surface area contributed by atoms with E-state index < -0.39 is 134 Å². The Hall–Kier alpha value is -4.48. The van der Waals surface area contributed by atoms with Gasteiger partial charge in [0.25, 0.3) is 0 Å². The van der Waals surface area contributed by atoms with E-state index in [-0.39, 0.29) is 32.8 Å². The van der Waals surface area contributed by atoms with Crippen LogP contribution in [0.25, 0.3) is 0 Å². The van der Waals surface area contributed by atoms with Crippen molar-refractivity contribution in [3.63, 3.8) is 0 Å². The van der Waals surface area contributed by atoms with Crippen LogP contribution in [-0.2, 0) is 90.5 Å². The highest BCUT2D eigenvalue weighted by molar-refractivity contribution is 5.75. The van der Waals surface area contributed by atoms with E-state index >= 15 is 0 Å². The molecule has 60 heavy (non-hydrogen) atoms. The van der Waals surface area contributed by atoms with Crippen LogP contribution in [0, 0.1) is 11.8 Å². The Kier molecular flexibility index (Phi) is 23.0. The highest BCUT2D eigenvalue weighted by atomic mass is 16.7. The molecule has 0 aromatic rings. The van der Waals surface area contributed by atoms with Crippen molar-refractivity contribution >= 4 is 47.6 Å². The smallest absolute Gasteiger partial charge is 0.303 e. The fourth-order valence-corrected chi connectivity index (χ4v) is 6.71. The summed E-state index contributed by atoms with van der Waals surface area (Å²) in [7, 11) is 0. The highest BCUT2D eigenvalue weighted by Crippen LogP contribution is 2.36. The van der Waals surface area contributed by atoms with Gasteiger partial charge >= 0.3 is 35.8 Å². The second-order valence-electron chi connectivity index (χ2n) is 14.3. The lowest BCUT2D eigenvalue weighted by Gasteiger charge is -2.45. The largest absolute Gasteiger partial charge is 0.463 e. The SMILES string of the molecule is CC(=O)OC[C@H]1O[C@@H](OCCCCCCCOC[C@H](CO)O[C@@H]2O[C@H](COC(C)=O)[C@H](OC(C)=O)[C@H](OC(C)=O)[C@H]2CC(N)=O)[C@H](CC(N)=O)[C@@H](OC(C)=O)[C@H]1OC(C)=O.